The molecule has 0 radical (unpaired) electrons. The molecule has 0 saturated heterocycles. The van der Waals surface area contributed by atoms with E-state index in [1.165, 1.54) is 5.69 Å². The molecular weight excluding hydrogens is 262 g/mol. The molecule has 0 aromatic heterocycles. The van der Waals surface area contributed by atoms with Gasteiger partial charge in [0, 0.05) is 12.7 Å². The molecule has 0 spiro atoms. The van der Waals surface area contributed by atoms with Crippen LogP contribution in [0.3, 0.4) is 0 Å². The summed E-state index contributed by atoms with van der Waals surface area (Å²) in [4.78, 5) is 2.17. The van der Waals surface area contributed by atoms with Gasteiger partial charge in [-0.15, -0.1) is 0 Å². The Kier molecular flexibility index (Phi) is 5.50. The molecule has 0 N–H and O–H groups in total. The lowest BCUT2D eigenvalue weighted by Crippen LogP contribution is -2.23. The molecule has 2 aromatic carbocycles. The minimum absolute atomic E-state index is 0.141. The molecule has 0 bridgehead atoms. The monoisotopic (exact) mass is 285 g/mol. The van der Waals surface area contributed by atoms with E-state index in [4.69, 9.17) is 9.47 Å². The number of benzene rings is 2. The summed E-state index contributed by atoms with van der Waals surface area (Å²) in [6.45, 7) is 5.46. The third-order valence-corrected chi connectivity index (χ3v) is 3.09. The number of hydrogen-bond acceptors (Lipinski definition) is 3. The first-order valence-corrected chi connectivity index (χ1v) is 7.31. The Morgan fingerprint density at radius 3 is 2.19 bits per heavy atom. The van der Waals surface area contributed by atoms with Gasteiger partial charge in [-0.25, -0.2) is 0 Å². The van der Waals surface area contributed by atoms with Gasteiger partial charge in [0.1, 0.15) is 6.61 Å². The van der Waals surface area contributed by atoms with E-state index in [-0.39, 0.29) is 6.10 Å². The van der Waals surface area contributed by atoms with E-state index in [0.717, 1.165) is 18.0 Å². The minimum atomic E-state index is 0.141. The molecule has 3 nitrogen and oxygen atoms in total. The Balaban J connectivity index is 1.89. The van der Waals surface area contributed by atoms with Gasteiger partial charge in [0.05, 0.1) is 12.6 Å². The molecule has 3 heteroatoms. The summed E-state index contributed by atoms with van der Waals surface area (Å²) in [7, 11) is 2.06. The Labute approximate surface area is 127 Å². The van der Waals surface area contributed by atoms with Crippen molar-refractivity contribution in [3.05, 3.63) is 54.6 Å². The highest BCUT2D eigenvalue weighted by Gasteiger charge is 2.06. The van der Waals surface area contributed by atoms with Gasteiger partial charge in [-0.2, -0.15) is 0 Å². The summed E-state index contributed by atoms with van der Waals surface area (Å²) in [5.41, 5.74) is 1.19. The Morgan fingerprint density at radius 1 is 0.905 bits per heavy atom. The second-order valence-electron chi connectivity index (χ2n) is 5.22. The molecule has 0 saturated carbocycles. The van der Waals surface area contributed by atoms with E-state index >= 15 is 0 Å². The number of likely N-dealkylation sites (N-methyl/N-ethyl adjacent to an activating group) is 1. The van der Waals surface area contributed by atoms with Crippen LogP contribution in [0, 0.1) is 0 Å². The van der Waals surface area contributed by atoms with Crippen LogP contribution in [0.1, 0.15) is 13.8 Å². The summed E-state index contributed by atoms with van der Waals surface area (Å²) in [5, 5.41) is 0. The van der Waals surface area contributed by atoms with Crippen LogP contribution in [0.4, 0.5) is 5.69 Å². The summed E-state index contributed by atoms with van der Waals surface area (Å²) in [5.74, 6) is 1.60. The SMILES string of the molecule is CC(C)Oc1ccccc1OCCN(C)c1ccccc1. The first-order chi connectivity index (χ1) is 10.2. The highest BCUT2D eigenvalue weighted by atomic mass is 16.5. The van der Waals surface area contributed by atoms with Crippen LogP contribution in [0.25, 0.3) is 0 Å². The van der Waals surface area contributed by atoms with Crippen LogP contribution in [-0.4, -0.2) is 26.3 Å². The fraction of sp³-hybridized carbons (Fsp3) is 0.333. The molecule has 0 aliphatic carbocycles. The lowest BCUT2D eigenvalue weighted by Gasteiger charge is -2.20. The minimum Gasteiger partial charge on any atom is -0.488 e. The highest BCUT2D eigenvalue weighted by Crippen LogP contribution is 2.27. The maximum Gasteiger partial charge on any atom is 0.161 e. The third kappa shape index (κ3) is 4.71. The standard InChI is InChI=1S/C18H23NO2/c1-15(2)21-18-12-8-7-11-17(18)20-14-13-19(3)16-9-5-4-6-10-16/h4-12,15H,13-14H2,1-3H3. The Hall–Kier alpha value is -2.16. The third-order valence-electron chi connectivity index (χ3n) is 3.09. The van der Waals surface area contributed by atoms with Gasteiger partial charge in [0.25, 0.3) is 0 Å². The predicted octanol–water partition coefficient (Wildman–Crippen LogP) is 3.99. The molecule has 0 unspecified atom stereocenters. The zero-order valence-corrected chi connectivity index (χ0v) is 13.0. The largest absolute Gasteiger partial charge is 0.488 e. The molecule has 2 aromatic rings. The van der Waals surface area contributed by atoms with Crippen molar-refractivity contribution in [2.45, 2.75) is 20.0 Å². The molecule has 112 valence electrons. The van der Waals surface area contributed by atoms with Gasteiger partial charge in [0.2, 0.25) is 0 Å². The van der Waals surface area contributed by atoms with E-state index in [1.54, 1.807) is 0 Å². The van der Waals surface area contributed by atoms with Gasteiger partial charge in [-0.3, -0.25) is 0 Å². The summed E-state index contributed by atoms with van der Waals surface area (Å²) in [6.07, 6.45) is 0.141. The first kappa shape index (κ1) is 15.2. The van der Waals surface area contributed by atoms with Gasteiger partial charge in [-0.05, 0) is 38.1 Å². The van der Waals surface area contributed by atoms with E-state index in [1.807, 2.05) is 56.3 Å². The number of para-hydroxylation sites is 3. The molecule has 0 aliphatic rings. The normalized spacial score (nSPS) is 10.5. The maximum absolute atomic E-state index is 5.86. The van der Waals surface area contributed by atoms with Crippen molar-refractivity contribution in [2.24, 2.45) is 0 Å². The van der Waals surface area contributed by atoms with Crippen molar-refractivity contribution in [3.63, 3.8) is 0 Å². The number of hydrogen-bond donors (Lipinski definition) is 0. The summed E-state index contributed by atoms with van der Waals surface area (Å²) < 4.78 is 11.6. The van der Waals surface area contributed by atoms with Crippen LogP contribution in [0.15, 0.2) is 54.6 Å². The summed E-state index contributed by atoms with van der Waals surface area (Å²) >= 11 is 0. The zero-order chi connectivity index (χ0) is 15.1. The lowest BCUT2D eigenvalue weighted by atomic mass is 10.3. The molecule has 0 amide bonds. The van der Waals surface area contributed by atoms with E-state index < -0.39 is 0 Å². The smallest absolute Gasteiger partial charge is 0.161 e. The second-order valence-corrected chi connectivity index (χ2v) is 5.22. The average molecular weight is 285 g/mol. The van der Waals surface area contributed by atoms with Crippen molar-refractivity contribution in [3.8, 4) is 11.5 Å². The number of nitrogens with zero attached hydrogens (tertiary/aromatic N) is 1. The quantitative estimate of drug-likeness (QED) is 0.768. The zero-order valence-electron chi connectivity index (χ0n) is 13.0. The molecule has 21 heavy (non-hydrogen) atoms. The number of rotatable bonds is 7. The highest BCUT2D eigenvalue weighted by molar-refractivity contribution is 5.45. The van der Waals surface area contributed by atoms with Crippen LogP contribution in [0.5, 0.6) is 11.5 Å². The van der Waals surface area contributed by atoms with Crippen molar-refractivity contribution < 1.29 is 9.47 Å². The van der Waals surface area contributed by atoms with Crippen molar-refractivity contribution in [1.29, 1.82) is 0 Å². The van der Waals surface area contributed by atoms with Crippen LogP contribution in [0.2, 0.25) is 0 Å². The molecule has 0 atom stereocenters. The van der Waals surface area contributed by atoms with E-state index in [0.29, 0.717) is 6.61 Å². The van der Waals surface area contributed by atoms with Crippen molar-refractivity contribution in [2.75, 3.05) is 25.1 Å². The van der Waals surface area contributed by atoms with Crippen LogP contribution >= 0.6 is 0 Å². The second kappa shape index (κ2) is 7.58. The lowest BCUT2D eigenvalue weighted by molar-refractivity contribution is 0.222. The van der Waals surface area contributed by atoms with Gasteiger partial charge >= 0.3 is 0 Å². The van der Waals surface area contributed by atoms with Gasteiger partial charge < -0.3 is 14.4 Å². The fourth-order valence-electron chi connectivity index (χ4n) is 2.02. The van der Waals surface area contributed by atoms with E-state index in [9.17, 15) is 0 Å². The summed E-state index contributed by atoms with van der Waals surface area (Å²) in [6, 6.07) is 18.1. The van der Waals surface area contributed by atoms with Crippen molar-refractivity contribution >= 4 is 5.69 Å². The number of ether oxygens (including phenoxy) is 2. The predicted molar refractivity (Wildman–Crippen MR) is 87.4 cm³/mol. The van der Waals surface area contributed by atoms with Gasteiger partial charge in [0.15, 0.2) is 11.5 Å². The first-order valence-electron chi connectivity index (χ1n) is 7.31. The van der Waals surface area contributed by atoms with Crippen LogP contribution in [-0.2, 0) is 0 Å². The number of anilines is 1. The van der Waals surface area contributed by atoms with Crippen molar-refractivity contribution in [1.82, 2.24) is 0 Å². The van der Waals surface area contributed by atoms with Crippen LogP contribution < -0.4 is 14.4 Å². The van der Waals surface area contributed by atoms with E-state index in [2.05, 4.69) is 24.1 Å². The molecule has 0 aliphatic heterocycles. The fourth-order valence-corrected chi connectivity index (χ4v) is 2.02. The molecule has 0 heterocycles. The average Bonchev–Trinajstić information content (AvgIpc) is 2.49. The topological polar surface area (TPSA) is 21.7 Å². The Bertz CT molecular complexity index is 540. The molecular formula is C18H23NO2. The molecule has 0 fully saturated rings. The Morgan fingerprint density at radius 2 is 1.52 bits per heavy atom. The molecule has 2 rings (SSSR count). The maximum atomic E-state index is 5.86. The van der Waals surface area contributed by atoms with Gasteiger partial charge in [-0.1, -0.05) is 30.3 Å².